The Morgan fingerprint density at radius 3 is 2.62 bits per heavy atom. The zero-order valence-electron chi connectivity index (χ0n) is 19.0. The average Bonchev–Trinajstić information content (AvgIpc) is 2.72. The molecule has 32 heavy (non-hydrogen) atoms. The van der Waals surface area contributed by atoms with Crippen LogP contribution >= 0.6 is 0 Å². The topological polar surface area (TPSA) is 89.5 Å². The number of amides is 1. The van der Waals surface area contributed by atoms with Crippen molar-refractivity contribution in [3.8, 4) is 17.1 Å². The van der Waals surface area contributed by atoms with Crippen LogP contribution in [0.25, 0.3) is 11.4 Å². The van der Waals surface area contributed by atoms with Crippen molar-refractivity contribution in [3.05, 3.63) is 54.0 Å². The summed E-state index contributed by atoms with van der Waals surface area (Å²) < 4.78 is 11.6. The Bertz CT molecular complexity index is 1160. The lowest BCUT2D eigenvalue weighted by molar-refractivity contribution is 0.0566. The van der Waals surface area contributed by atoms with E-state index < -0.39 is 11.7 Å². The van der Waals surface area contributed by atoms with Crippen molar-refractivity contribution >= 4 is 23.3 Å². The molecule has 3 aromatic heterocycles. The van der Waals surface area contributed by atoms with Gasteiger partial charge in [0.1, 0.15) is 12.2 Å². The van der Waals surface area contributed by atoms with Gasteiger partial charge in [0.25, 0.3) is 0 Å². The molecule has 0 saturated carbocycles. The highest BCUT2D eigenvalue weighted by atomic mass is 16.6. The number of ether oxygens (including phenoxy) is 2. The molecule has 0 aromatic carbocycles. The summed E-state index contributed by atoms with van der Waals surface area (Å²) in [6.45, 7) is 10.0. The van der Waals surface area contributed by atoms with Crippen LogP contribution in [-0.4, -0.2) is 39.8 Å². The third-order valence-electron chi connectivity index (χ3n) is 4.71. The number of carbonyl (C=O) groups excluding carboxylic acids is 1. The second-order valence-corrected chi connectivity index (χ2v) is 8.66. The van der Waals surface area contributed by atoms with Gasteiger partial charge in [0.15, 0.2) is 11.6 Å². The lowest BCUT2D eigenvalue weighted by atomic mass is 10.1. The second-order valence-electron chi connectivity index (χ2n) is 8.66. The molecule has 1 N–H and O–H groups in total. The minimum atomic E-state index is -0.624. The lowest BCUT2D eigenvalue weighted by Crippen LogP contribution is -2.42. The fourth-order valence-electron chi connectivity index (χ4n) is 3.37. The maximum Gasteiger partial charge on any atom is 0.416 e. The van der Waals surface area contributed by atoms with E-state index in [1.807, 2.05) is 71.0 Å². The summed E-state index contributed by atoms with van der Waals surface area (Å²) in [5, 5.41) is 3.39. The molecule has 1 amide bonds. The summed E-state index contributed by atoms with van der Waals surface area (Å²) in [4.78, 5) is 28.1. The molecule has 0 saturated heterocycles. The van der Waals surface area contributed by atoms with Crippen LogP contribution < -0.4 is 15.0 Å². The van der Waals surface area contributed by atoms with Gasteiger partial charge in [-0.3, -0.25) is 14.9 Å². The van der Waals surface area contributed by atoms with Gasteiger partial charge in [0.2, 0.25) is 0 Å². The molecule has 4 rings (SSSR count). The number of fused-ring (bicyclic) bond motifs is 1. The maximum absolute atomic E-state index is 13.0. The standard InChI is InChI=1S/C24H27N5O3/c1-15-7-6-8-18(26-15)19-14-20(27-17-9-10-25-16(2)13-17)21-22(28-19)29(11-12-31-21)23(30)32-24(3,4)5/h6-10,13-14H,11-12H2,1-5H3,(H,25,27,28). The number of hydrogen-bond donors (Lipinski definition) is 1. The first-order valence-electron chi connectivity index (χ1n) is 10.5. The van der Waals surface area contributed by atoms with E-state index in [9.17, 15) is 4.79 Å². The van der Waals surface area contributed by atoms with Gasteiger partial charge in [-0.2, -0.15) is 0 Å². The molecule has 166 valence electrons. The predicted molar refractivity (Wildman–Crippen MR) is 124 cm³/mol. The van der Waals surface area contributed by atoms with Gasteiger partial charge in [-0.15, -0.1) is 0 Å². The van der Waals surface area contributed by atoms with Crippen molar-refractivity contribution in [3.63, 3.8) is 0 Å². The van der Waals surface area contributed by atoms with E-state index in [-0.39, 0.29) is 0 Å². The molecule has 8 heteroatoms. The third-order valence-corrected chi connectivity index (χ3v) is 4.71. The summed E-state index contributed by atoms with van der Waals surface area (Å²) >= 11 is 0. The first-order chi connectivity index (χ1) is 15.2. The number of nitrogens with one attached hydrogen (secondary N) is 1. The van der Waals surface area contributed by atoms with Gasteiger partial charge in [-0.25, -0.2) is 9.78 Å². The highest BCUT2D eigenvalue weighted by Crippen LogP contribution is 2.41. The van der Waals surface area contributed by atoms with Gasteiger partial charge in [0, 0.05) is 23.3 Å². The smallest absolute Gasteiger partial charge is 0.416 e. The van der Waals surface area contributed by atoms with Crippen molar-refractivity contribution in [1.29, 1.82) is 0 Å². The molecule has 0 spiro atoms. The normalized spacial score (nSPS) is 13.2. The van der Waals surface area contributed by atoms with Gasteiger partial charge in [-0.05, 0) is 65.0 Å². The van der Waals surface area contributed by atoms with Gasteiger partial charge < -0.3 is 14.8 Å². The molecule has 0 radical (unpaired) electrons. The number of nitrogens with zero attached hydrogens (tertiary/aromatic N) is 4. The number of aryl methyl sites for hydroxylation is 2. The largest absolute Gasteiger partial charge is 0.486 e. The number of pyridine rings is 3. The number of rotatable bonds is 3. The third kappa shape index (κ3) is 4.80. The van der Waals surface area contributed by atoms with Gasteiger partial charge in [0.05, 0.1) is 23.6 Å². The summed E-state index contributed by atoms with van der Waals surface area (Å²) in [5.41, 5.74) is 4.01. The van der Waals surface area contributed by atoms with Crippen molar-refractivity contribution in [1.82, 2.24) is 15.0 Å². The molecule has 0 bridgehead atoms. The molecule has 0 aliphatic carbocycles. The van der Waals surface area contributed by atoms with Gasteiger partial charge >= 0.3 is 6.09 Å². The summed E-state index contributed by atoms with van der Waals surface area (Å²) in [6, 6.07) is 11.4. The predicted octanol–water partition coefficient (Wildman–Crippen LogP) is 5.03. The van der Waals surface area contributed by atoms with Crippen LogP contribution in [0, 0.1) is 13.8 Å². The maximum atomic E-state index is 13.0. The van der Waals surface area contributed by atoms with E-state index in [1.165, 1.54) is 4.90 Å². The highest BCUT2D eigenvalue weighted by Gasteiger charge is 2.32. The van der Waals surface area contributed by atoms with E-state index in [0.717, 1.165) is 17.1 Å². The van der Waals surface area contributed by atoms with Crippen molar-refractivity contribution in [2.75, 3.05) is 23.4 Å². The molecule has 3 aromatic rings. The van der Waals surface area contributed by atoms with Crippen LogP contribution in [0.5, 0.6) is 5.75 Å². The van der Waals surface area contributed by atoms with E-state index in [0.29, 0.717) is 41.8 Å². The van der Waals surface area contributed by atoms with E-state index >= 15 is 0 Å². The second kappa shape index (κ2) is 8.45. The summed E-state index contributed by atoms with van der Waals surface area (Å²) in [6.07, 6.45) is 1.27. The molecule has 1 aliphatic heterocycles. The zero-order valence-corrected chi connectivity index (χ0v) is 19.0. The van der Waals surface area contributed by atoms with Crippen LogP contribution in [0.2, 0.25) is 0 Å². The minimum Gasteiger partial charge on any atom is -0.486 e. The Morgan fingerprint density at radius 1 is 1.09 bits per heavy atom. The lowest BCUT2D eigenvalue weighted by Gasteiger charge is -2.32. The fraction of sp³-hybridized carbons (Fsp3) is 0.333. The number of hydrogen-bond acceptors (Lipinski definition) is 7. The van der Waals surface area contributed by atoms with Crippen LogP contribution in [0.1, 0.15) is 32.2 Å². The molecule has 8 nitrogen and oxygen atoms in total. The first-order valence-corrected chi connectivity index (χ1v) is 10.5. The Balaban J connectivity index is 1.83. The highest BCUT2D eigenvalue weighted by molar-refractivity contribution is 5.92. The molecular weight excluding hydrogens is 406 g/mol. The molecule has 4 heterocycles. The quantitative estimate of drug-likeness (QED) is 0.619. The number of anilines is 3. The molecule has 0 atom stereocenters. The van der Waals surface area contributed by atoms with Crippen molar-refractivity contribution in [2.45, 2.75) is 40.2 Å². The Morgan fingerprint density at radius 2 is 1.91 bits per heavy atom. The monoisotopic (exact) mass is 433 g/mol. The van der Waals surface area contributed by atoms with Crippen LogP contribution in [-0.2, 0) is 4.74 Å². The minimum absolute atomic E-state index is 0.333. The van der Waals surface area contributed by atoms with E-state index in [2.05, 4.69) is 15.3 Å². The van der Waals surface area contributed by atoms with Crippen LogP contribution in [0.15, 0.2) is 42.6 Å². The van der Waals surface area contributed by atoms with Crippen molar-refractivity contribution in [2.24, 2.45) is 0 Å². The molecular formula is C24H27N5O3. The zero-order chi connectivity index (χ0) is 22.9. The van der Waals surface area contributed by atoms with Crippen molar-refractivity contribution < 1.29 is 14.3 Å². The Hall–Kier alpha value is -3.68. The number of aromatic nitrogens is 3. The Kier molecular flexibility index (Phi) is 5.69. The molecule has 0 unspecified atom stereocenters. The van der Waals surface area contributed by atoms with Crippen LogP contribution in [0.3, 0.4) is 0 Å². The molecule has 0 fully saturated rings. The average molecular weight is 434 g/mol. The van der Waals surface area contributed by atoms with E-state index in [4.69, 9.17) is 14.5 Å². The summed E-state index contributed by atoms with van der Waals surface area (Å²) in [5.74, 6) is 0.896. The first kappa shape index (κ1) is 21.5. The summed E-state index contributed by atoms with van der Waals surface area (Å²) in [7, 11) is 0. The van der Waals surface area contributed by atoms with Crippen LogP contribution in [0.4, 0.5) is 22.0 Å². The van der Waals surface area contributed by atoms with E-state index in [1.54, 1.807) is 6.20 Å². The van der Waals surface area contributed by atoms with Gasteiger partial charge in [-0.1, -0.05) is 6.07 Å². The number of carbonyl (C=O) groups is 1. The SMILES string of the molecule is Cc1cc(Nc2cc(-c3cccc(C)n3)nc3c2OCCN3C(=O)OC(C)(C)C)ccn1. The Labute approximate surface area is 187 Å². The molecule has 1 aliphatic rings. The fourth-order valence-corrected chi connectivity index (χ4v) is 3.37.